The first kappa shape index (κ1) is 14.0. The molecule has 0 fully saturated rings. The largest absolute Gasteiger partial charge is 0.362 e. The van der Waals surface area contributed by atoms with Crippen LogP contribution < -0.4 is 10.6 Å². The Hall–Kier alpha value is -1.07. The Morgan fingerprint density at radius 1 is 1.35 bits per heavy atom. The van der Waals surface area contributed by atoms with E-state index in [1.54, 1.807) is 0 Å². The first-order valence-electron chi connectivity index (χ1n) is 5.49. The van der Waals surface area contributed by atoms with Gasteiger partial charge in [-0.1, -0.05) is 6.04 Å². The van der Waals surface area contributed by atoms with Crippen molar-refractivity contribution in [1.82, 2.24) is 5.32 Å². The molecular formula is C11H15N3S2Si. The van der Waals surface area contributed by atoms with Gasteiger partial charge in [-0.25, -0.2) is 0 Å². The van der Waals surface area contributed by atoms with E-state index in [9.17, 15) is 0 Å². The molecule has 1 rings (SSSR count). The zero-order valence-electron chi connectivity index (χ0n) is 9.69. The summed E-state index contributed by atoms with van der Waals surface area (Å²) in [5, 5.41) is 9.27. The molecule has 1 aromatic rings. The van der Waals surface area contributed by atoms with Gasteiger partial charge in [0.25, 0.3) is 0 Å². The fourth-order valence-corrected chi connectivity index (χ4v) is 1.90. The van der Waals surface area contributed by atoms with E-state index >= 15 is 0 Å². The molecule has 0 saturated carbocycles. The number of hydrogen-bond donors (Lipinski definition) is 2. The number of rotatable bonds is 5. The van der Waals surface area contributed by atoms with Crippen molar-refractivity contribution in [2.24, 2.45) is 4.99 Å². The van der Waals surface area contributed by atoms with Crippen LogP contribution in [0.3, 0.4) is 0 Å². The van der Waals surface area contributed by atoms with E-state index in [1.807, 2.05) is 24.3 Å². The van der Waals surface area contributed by atoms with Gasteiger partial charge in [-0.15, -0.1) is 0 Å². The normalized spacial score (nSPS) is 9.41. The SMILES string of the molecule is [SiH3]CCCNC(=S)Nc1ccc(N=C=S)cc1. The zero-order valence-corrected chi connectivity index (χ0v) is 13.3. The van der Waals surface area contributed by atoms with Gasteiger partial charge in [0.1, 0.15) is 0 Å². The predicted octanol–water partition coefficient (Wildman–Crippen LogP) is 1.88. The van der Waals surface area contributed by atoms with Gasteiger partial charge in [-0.3, -0.25) is 0 Å². The Bertz CT molecular complexity index is 413. The smallest absolute Gasteiger partial charge is 0.170 e. The topological polar surface area (TPSA) is 36.4 Å². The van der Waals surface area contributed by atoms with E-state index in [4.69, 9.17) is 12.2 Å². The minimum Gasteiger partial charge on any atom is -0.362 e. The highest BCUT2D eigenvalue weighted by Crippen LogP contribution is 2.15. The third-order valence-electron chi connectivity index (χ3n) is 2.12. The van der Waals surface area contributed by atoms with E-state index in [-0.39, 0.29) is 0 Å². The van der Waals surface area contributed by atoms with Gasteiger partial charge >= 0.3 is 0 Å². The summed E-state index contributed by atoms with van der Waals surface area (Å²) >= 11 is 9.71. The van der Waals surface area contributed by atoms with Crippen molar-refractivity contribution in [3.05, 3.63) is 24.3 Å². The van der Waals surface area contributed by atoms with Gasteiger partial charge in [0.2, 0.25) is 0 Å². The highest BCUT2D eigenvalue weighted by molar-refractivity contribution is 7.80. The Kier molecular flexibility index (Phi) is 6.65. The van der Waals surface area contributed by atoms with Gasteiger partial charge in [-0.2, -0.15) is 4.99 Å². The summed E-state index contributed by atoms with van der Waals surface area (Å²) in [6, 6.07) is 8.84. The monoisotopic (exact) mass is 281 g/mol. The van der Waals surface area contributed by atoms with Gasteiger partial charge in [0.15, 0.2) is 5.11 Å². The summed E-state index contributed by atoms with van der Waals surface area (Å²) in [5.41, 5.74) is 1.73. The molecule has 0 aromatic heterocycles. The van der Waals surface area contributed by atoms with Gasteiger partial charge in [-0.05, 0) is 55.1 Å². The standard InChI is InChI=1S/C11H15N3S2Si/c15-8-13-9-2-4-10(5-3-9)14-11(16)12-6-1-7-17/h2-5H,1,6-7H2,17H3,(H2,12,14,16). The lowest BCUT2D eigenvalue weighted by Gasteiger charge is -2.09. The molecule has 0 saturated heterocycles. The van der Waals surface area contributed by atoms with Crippen LogP contribution in [-0.2, 0) is 0 Å². The zero-order chi connectivity index (χ0) is 12.5. The highest BCUT2D eigenvalue weighted by atomic mass is 32.1. The summed E-state index contributed by atoms with van der Waals surface area (Å²) in [6.45, 7) is 0.933. The van der Waals surface area contributed by atoms with Crippen molar-refractivity contribution >= 4 is 56.3 Å². The summed E-state index contributed by atoms with van der Waals surface area (Å²) in [6.07, 6.45) is 1.18. The molecule has 90 valence electrons. The lowest BCUT2D eigenvalue weighted by molar-refractivity contribution is 0.845. The molecular weight excluding hydrogens is 266 g/mol. The molecule has 3 nitrogen and oxygen atoms in total. The number of anilines is 1. The van der Waals surface area contributed by atoms with E-state index in [2.05, 4.69) is 33.0 Å². The number of nitrogens with zero attached hydrogens (tertiary/aromatic N) is 1. The molecule has 0 atom stereocenters. The Labute approximate surface area is 115 Å². The molecule has 0 aliphatic heterocycles. The average Bonchev–Trinajstić information content (AvgIpc) is 2.32. The number of thiocarbonyl (C=S) groups is 2. The van der Waals surface area contributed by atoms with Crippen LogP contribution in [0.25, 0.3) is 0 Å². The van der Waals surface area contributed by atoms with Crippen LogP contribution in [-0.4, -0.2) is 27.1 Å². The van der Waals surface area contributed by atoms with Gasteiger partial charge < -0.3 is 10.6 Å². The van der Waals surface area contributed by atoms with E-state index in [0.717, 1.165) is 17.9 Å². The van der Waals surface area contributed by atoms with Crippen LogP contribution in [0.15, 0.2) is 29.3 Å². The summed E-state index contributed by atoms with van der Waals surface area (Å²) in [7, 11) is 1.25. The second-order valence-corrected chi connectivity index (χ2v) is 5.08. The van der Waals surface area contributed by atoms with Gasteiger partial charge in [0.05, 0.1) is 10.8 Å². The van der Waals surface area contributed by atoms with Crippen LogP contribution in [0.1, 0.15) is 6.42 Å². The number of nitrogens with one attached hydrogen (secondary N) is 2. The molecule has 0 amide bonds. The molecule has 2 N–H and O–H groups in total. The molecule has 0 bridgehead atoms. The highest BCUT2D eigenvalue weighted by Gasteiger charge is 1.96. The van der Waals surface area contributed by atoms with Crippen molar-refractivity contribution in [3.63, 3.8) is 0 Å². The summed E-state index contributed by atoms with van der Waals surface area (Å²) < 4.78 is 0. The minimum absolute atomic E-state index is 0.659. The molecule has 0 aliphatic carbocycles. The van der Waals surface area contributed by atoms with E-state index < -0.39 is 0 Å². The Balaban J connectivity index is 2.45. The molecule has 17 heavy (non-hydrogen) atoms. The third-order valence-corrected chi connectivity index (χ3v) is 3.16. The van der Waals surface area contributed by atoms with E-state index in [0.29, 0.717) is 5.11 Å². The van der Waals surface area contributed by atoms with E-state index in [1.165, 1.54) is 22.7 Å². The first-order chi connectivity index (χ1) is 8.26. The third kappa shape index (κ3) is 5.70. The molecule has 0 aliphatic rings. The number of hydrogen-bond acceptors (Lipinski definition) is 3. The first-order valence-corrected chi connectivity index (χ1v) is 7.72. The second-order valence-electron chi connectivity index (χ2n) is 3.48. The lowest BCUT2D eigenvalue weighted by atomic mass is 10.3. The van der Waals surface area contributed by atoms with Crippen molar-refractivity contribution < 1.29 is 0 Å². The van der Waals surface area contributed by atoms with Crippen molar-refractivity contribution in [1.29, 1.82) is 0 Å². The maximum Gasteiger partial charge on any atom is 0.170 e. The average molecular weight is 281 g/mol. The van der Waals surface area contributed by atoms with Crippen LogP contribution in [0.5, 0.6) is 0 Å². The quantitative estimate of drug-likeness (QED) is 0.374. The van der Waals surface area contributed by atoms with Crippen LogP contribution in [0.2, 0.25) is 6.04 Å². The lowest BCUT2D eigenvalue weighted by Crippen LogP contribution is -2.29. The maximum atomic E-state index is 5.17. The molecule has 0 spiro atoms. The van der Waals surface area contributed by atoms with Crippen molar-refractivity contribution in [3.8, 4) is 0 Å². The number of aliphatic imine (C=N–C) groups is 1. The summed E-state index contributed by atoms with van der Waals surface area (Å²) in [4.78, 5) is 3.88. The van der Waals surface area contributed by atoms with Crippen LogP contribution in [0.4, 0.5) is 11.4 Å². The molecule has 0 unspecified atom stereocenters. The molecule has 1 aromatic carbocycles. The van der Waals surface area contributed by atoms with Crippen molar-refractivity contribution in [2.75, 3.05) is 11.9 Å². The van der Waals surface area contributed by atoms with Crippen molar-refractivity contribution in [2.45, 2.75) is 12.5 Å². The number of isothiocyanates is 1. The molecule has 0 radical (unpaired) electrons. The van der Waals surface area contributed by atoms with Gasteiger partial charge in [0, 0.05) is 22.5 Å². The molecule has 0 heterocycles. The fourth-order valence-electron chi connectivity index (χ4n) is 1.23. The second kappa shape index (κ2) is 8.08. The maximum absolute atomic E-state index is 5.17. The Morgan fingerprint density at radius 3 is 2.65 bits per heavy atom. The summed E-state index contributed by atoms with van der Waals surface area (Å²) in [5.74, 6) is 0. The number of benzene rings is 1. The predicted molar refractivity (Wildman–Crippen MR) is 84.7 cm³/mol. The van der Waals surface area contributed by atoms with Crippen LogP contribution in [0, 0.1) is 0 Å². The van der Waals surface area contributed by atoms with Crippen LogP contribution >= 0.6 is 24.4 Å². The fraction of sp³-hybridized carbons (Fsp3) is 0.273. The minimum atomic E-state index is 0.659. The molecule has 6 heteroatoms. The Morgan fingerprint density at radius 2 is 2.06 bits per heavy atom.